The third-order valence-electron chi connectivity index (χ3n) is 1.73. The Kier molecular flexibility index (Phi) is 4.16. The number of esters is 1. The van der Waals surface area contributed by atoms with Crippen LogP contribution in [0.2, 0.25) is 0 Å². The molecule has 5 nitrogen and oxygen atoms in total. The lowest BCUT2D eigenvalue weighted by molar-refractivity contribution is -0.148. The van der Waals surface area contributed by atoms with Crippen LogP contribution in [0.3, 0.4) is 0 Å². The summed E-state index contributed by atoms with van der Waals surface area (Å²) < 4.78 is 9.82. The van der Waals surface area contributed by atoms with E-state index in [9.17, 15) is 4.79 Å². The van der Waals surface area contributed by atoms with Crippen molar-refractivity contribution in [2.45, 2.75) is 13.0 Å². The minimum atomic E-state index is -0.762. The number of nitriles is 1. The van der Waals surface area contributed by atoms with E-state index in [0.717, 1.165) is 0 Å². The second kappa shape index (κ2) is 5.61. The molecule has 0 heterocycles. The van der Waals surface area contributed by atoms with Gasteiger partial charge in [-0.15, -0.1) is 0 Å². The molecule has 0 saturated heterocycles. The van der Waals surface area contributed by atoms with Gasteiger partial charge in [0.25, 0.3) is 0 Å². The van der Waals surface area contributed by atoms with Gasteiger partial charge in [0.1, 0.15) is 11.8 Å². The molecule has 0 saturated carbocycles. The van der Waals surface area contributed by atoms with Gasteiger partial charge in [-0.25, -0.2) is 4.79 Å². The molecule has 84 valence electrons. The standard InChI is InChI=1S/C11H12N2O3/c1-8(6-12)16-11(14)7-15-10-4-2-9(13)3-5-10/h2-5,8H,7,13H2,1H3. The third-order valence-corrected chi connectivity index (χ3v) is 1.73. The number of nitrogens with two attached hydrogens (primary N) is 1. The van der Waals surface area contributed by atoms with E-state index in [0.29, 0.717) is 11.4 Å². The zero-order valence-electron chi connectivity index (χ0n) is 8.84. The molecule has 1 aromatic rings. The Labute approximate surface area is 93.4 Å². The van der Waals surface area contributed by atoms with E-state index in [1.807, 2.05) is 0 Å². The first-order chi connectivity index (χ1) is 7.61. The minimum Gasteiger partial charge on any atom is -0.482 e. The number of hydrogen-bond acceptors (Lipinski definition) is 5. The van der Waals surface area contributed by atoms with Crippen molar-refractivity contribution in [2.24, 2.45) is 0 Å². The van der Waals surface area contributed by atoms with E-state index in [2.05, 4.69) is 0 Å². The second-order valence-electron chi connectivity index (χ2n) is 3.12. The van der Waals surface area contributed by atoms with Crippen molar-refractivity contribution in [1.29, 1.82) is 5.26 Å². The fourth-order valence-electron chi connectivity index (χ4n) is 0.964. The van der Waals surface area contributed by atoms with Crippen LogP contribution in [0, 0.1) is 11.3 Å². The van der Waals surface area contributed by atoms with Gasteiger partial charge in [-0.2, -0.15) is 5.26 Å². The lowest BCUT2D eigenvalue weighted by Gasteiger charge is -2.07. The van der Waals surface area contributed by atoms with E-state index in [-0.39, 0.29) is 6.61 Å². The first-order valence-corrected chi connectivity index (χ1v) is 4.69. The average molecular weight is 220 g/mol. The van der Waals surface area contributed by atoms with E-state index in [1.54, 1.807) is 30.3 Å². The number of benzene rings is 1. The molecule has 1 aromatic carbocycles. The molecular formula is C11H12N2O3. The van der Waals surface area contributed by atoms with Crippen LogP contribution in [0.1, 0.15) is 6.92 Å². The molecule has 0 aromatic heterocycles. The highest BCUT2D eigenvalue weighted by Crippen LogP contribution is 2.12. The maximum absolute atomic E-state index is 11.1. The summed E-state index contributed by atoms with van der Waals surface area (Å²) >= 11 is 0. The largest absolute Gasteiger partial charge is 0.482 e. The minimum absolute atomic E-state index is 0.226. The lowest BCUT2D eigenvalue weighted by atomic mass is 10.3. The molecule has 0 radical (unpaired) electrons. The fourth-order valence-corrected chi connectivity index (χ4v) is 0.964. The maximum Gasteiger partial charge on any atom is 0.345 e. The van der Waals surface area contributed by atoms with Crippen LogP contribution in [0.5, 0.6) is 5.75 Å². The molecule has 1 unspecified atom stereocenters. The normalized spacial score (nSPS) is 11.2. The Hall–Kier alpha value is -2.22. The van der Waals surface area contributed by atoms with Crippen LogP contribution in [0.4, 0.5) is 5.69 Å². The molecule has 2 N–H and O–H groups in total. The zero-order chi connectivity index (χ0) is 12.0. The summed E-state index contributed by atoms with van der Waals surface area (Å²) in [5.41, 5.74) is 6.10. The Morgan fingerprint density at radius 2 is 2.12 bits per heavy atom. The smallest absolute Gasteiger partial charge is 0.345 e. The number of anilines is 1. The van der Waals surface area contributed by atoms with Crippen LogP contribution in [0.15, 0.2) is 24.3 Å². The molecule has 0 aliphatic carbocycles. The van der Waals surface area contributed by atoms with Crippen LogP contribution in [0.25, 0.3) is 0 Å². The fraction of sp³-hybridized carbons (Fsp3) is 0.273. The zero-order valence-corrected chi connectivity index (χ0v) is 8.84. The maximum atomic E-state index is 11.1. The predicted molar refractivity (Wildman–Crippen MR) is 57.5 cm³/mol. The highest BCUT2D eigenvalue weighted by atomic mass is 16.6. The summed E-state index contributed by atoms with van der Waals surface area (Å²) in [5, 5.41) is 8.42. The molecule has 16 heavy (non-hydrogen) atoms. The van der Waals surface area contributed by atoms with Gasteiger partial charge < -0.3 is 15.2 Å². The van der Waals surface area contributed by atoms with Gasteiger partial charge in [-0.05, 0) is 31.2 Å². The van der Waals surface area contributed by atoms with Crippen molar-refractivity contribution in [3.63, 3.8) is 0 Å². The SMILES string of the molecule is CC(C#N)OC(=O)COc1ccc(N)cc1. The summed E-state index contributed by atoms with van der Waals surface area (Å²) in [6.45, 7) is 1.26. The Morgan fingerprint density at radius 1 is 1.50 bits per heavy atom. The van der Waals surface area contributed by atoms with Gasteiger partial charge in [0, 0.05) is 5.69 Å². The first-order valence-electron chi connectivity index (χ1n) is 4.69. The van der Waals surface area contributed by atoms with Gasteiger partial charge in [0.15, 0.2) is 12.7 Å². The van der Waals surface area contributed by atoms with Crippen molar-refractivity contribution >= 4 is 11.7 Å². The molecule has 1 rings (SSSR count). The number of carbonyl (C=O) groups is 1. The van der Waals surface area contributed by atoms with Crippen molar-refractivity contribution < 1.29 is 14.3 Å². The molecule has 0 fully saturated rings. The monoisotopic (exact) mass is 220 g/mol. The van der Waals surface area contributed by atoms with Crippen LogP contribution in [-0.2, 0) is 9.53 Å². The molecule has 0 spiro atoms. The molecule has 0 aliphatic heterocycles. The molecule has 5 heteroatoms. The highest BCUT2D eigenvalue weighted by molar-refractivity contribution is 5.71. The van der Waals surface area contributed by atoms with E-state index in [4.69, 9.17) is 20.5 Å². The molecular weight excluding hydrogens is 208 g/mol. The third kappa shape index (κ3) is 3.88. The number of ether oxygens (including phenoxy) is 2. The Morgan fingerprint density at radius 3 is 2.69 bits per heavy atom. The van der Waals surface area contributed by atoms with Crippen molar-refractivity contribution in [1.82, 2.24) is 0 Å². The van der Waals surface area contributed by atoms with Crippen LogP contribution < -0.4 is 10.5 Å². The average Bonchev–Trinajstić information content (AvgIpc) is 2.28. The molecule has 0 aliphatic rings. The van der Waals surface area contributed by atoms with Gasteiger partial charge in [0.05, 0.1) is 0 Å². The first kappa shape index (κ1) is 11.9. The summed E-state index contributed by atoms with van der Waals surface area (Å²) in [7, 11) is 0. The van der Waals surface area contributed by atoms with Gasteiger partial charge in [-0.3, -0.25) is 0 Å². The van der Waals surface area contributed by atoms with Crippen molar-refractivity contribution in [3.05, 3.63) is 24.3 Å². The van der Waals surface area contributed by atoms with Gasteiger partial charge >= 0.3 is 5.97 Å². The summed E-state index contributed by atoms with van der Waals surface area (Å²) in [6.07, 6.45) is -0.762. The number of nitrogen functional groups attached to an aromatic ring is 1. The number of carbonyl (C=O) groups excluding carboxylic acids is 1. The van der Waals surface area contributed by atoms with Crippen LogP contribution >= 0.6 is 0 Å². The highest BCUT2D eigenvalue weighted by Gasteiger charge is 2.08. The number of nitrogens with zero attached hydrogens (tertiary/aromatic N) is 1. The Balaban J connectivity index is 2.38. The topological polar surface area (TPSA) is 85.3 Å². The van der Waals surface area contributed by atoms with Crippen molar-refractivity contribution in [2.75, 3.05) is 12.3 Å². The van der Waals surface area contributed by atoms with Crippen molar-refractivity contribution in [3.8, 4) is 11.8 Å². The predicted octanol–water partition coefficient (Wildman–Crippen LogP) is 1.10. The molecule has 0 amide bonds. The van der Waals surface area contributed by atoms with E-state index >= 15 is 0 Å². The van der Waals surface area contributed by atoms with Gasteiger partial charge in [-0.1, -0.05) is 0 Å². The van der Waals surface area contributed by atoms with Crippen LogP contribution in [-0.4, -0.2) is 18.7 Å². The summed E-state index contributed by atoms with van der Waals surface area (Å²) in [4.78, 5) is 11.1. The van der Waals surface area contributed by atoms with E-state index < -0.39 is 12.1 Å². The lowest BCUT2D eigenvalue weighted by Crippen LogP contribution is -2.19. The summed E-state index contributed by atoms with van der Waals surface area (Å²) in [6, 6.07) is 8.42. The van der Waals surface area contributed by atoms with Gasteiger partial charge in [0.2, 0.25) is 0 Å². The quantitative estimate of drug-likeness (QED) is 0.606. The Bertz CT molecular complexity index is 395. The summed E-state index contributed by atoms with van der Waals surface area (Å²) in [5.74, 6) is -0.0540. The number of hydrogen-bond donors (Lipinski definition) is 1. The molecule has 0 bridgehead atoms. The van der Waals surface area contributed by atoms with E-state index in [1.165, 1.54) is 6.92 Å². The molecule has 1 atom stereocenters. The second-order valence-corrected chi connectivity index (χ2v) is 3.12. The number of rotatable bonds is 4.